The van der Waals surface area contributed by atoms with Crippen molar-refractivity contribution in [2.75, 3.05) is 68.1 Å². The molecule has 66 heavy (non-hydrogen) atoms. The quantitative estimate of drug-likeness (QED) is 0.165. The molecule has 358 valence electrons. The number of amides is 4. The topological polar surface area (TPSA) is 154 Å². The Balaban J connectivity index is 1.36. The number of urea groups is 1. The van der Waals surface area contributed by atoms with E-state index in [1.807, 2.05) is 19.2 Å². The van der Waals surface area contributed by atoms with E-state index < -0.39 is 34.9 Å². The summed E-state index contributed by atoms with van der Waals surface area (Å²) in [5.41, 5.74) is 10.0. The molecule has 3 aliphatic rings. The number of thiazole rings is 1. The number of fused-ring (bicyclic) bond motifs is 6. The summed E-state index contributed by atoms with van der Waals surface area (Å²) in [5, 5.41) is 8.27. The van der Waals surface area contributed by atoms with Crippen molar-refractivity contribution in [3.8, 4) is 22.5 Å². The monoisotopic (exact) mass is 926 g/mol. The molecule has 2 fully saturated rings. The maximum Gasteiger partial charge on any atom is 0.319 e. The first-order valence-electron chi connectivity index (χ1n) is 23.6. The number of ether oxygens (including phenoxy) is 2. The van der Waals surface area contributed by atoms with Crippen LogP contribution < -0.4 is 10.7 Å². The Morgan fingerprint density at radius 1 is 1.11 bits per heavy atom. The molecular formula is C50H71N9O6S. The van der Waals surface area contributed by atoms with Crippen molar-refractivity contribution in [2.45, 2.75) is 116 Å². The standard InChI is InChI=1S/C50H71N9O6S/c1-12-58-41-15-14-34-22-36(41)38(45(58)37-23-35(26-51-43(37)32(4)64-11)33-16-20-56(9)21-17-33)25-49(5,6)29-65-30-50(28-60)18-13-19-59(54-50)47(62)39(24-42-52-40(34)27-66-42)53-46(61)44(31(2)3)57(10)48(63)55(7)8/h14-15,22-23,26-28,31-33,39,44,54H,12-13,16-21,24-25,29-30H2,1-11H3,(H,53,61)/t32-,39-,44-,50-/m0/s1. The Morgan fingerprint density at radius 3 is 2.52 bits per heavy atom. The largest absolute Gasteiger partial charge is 0.378 e. The molecule has 6 heterocycles. The lowest BCUT2D eigenvalue weighted by molar-refractivity contribution is -0.147. The summed E-state index contributed by atoms with van der Waals surface area (Å²) in [5.74, 6) is -0.692. The lowest BCUT2D eigenvalue weighted by atomic mass is 9.83. The van der Waals surface area contributed by atoms with Crippen LogP contribution >= 0.6 is 11.3 Å². The van der Waals surface area contributed by atoms with Crippen LogP contribution in [0.1, 0.15) is 101 Å². The molecule has 15 nitrogen and oxygen atoms in total. The summed E-state index contributed by atoms with van der Waals surface area (Å²) in [7, 11) is 8.80. The second kappa shape index (κ2) is 20.2. The number of carbonyl (C=O) groups excluding carboxylic acids is 4. The van der Waals surface area contributed by atoms with Crippen LogP contribution in [-0.2, 0) is 43.2 Å². The highest BCUT2D eigenvalue weighted by molar-refractivity contribution is 7.10. The smallest absolute Gasteiger partial charge is 0.319 e. The molecule has 4 amide bonds. The first-order chi connectivity index (χ1) is 31.4. The van der Waals surface area contributed by atoms with Gasteiger partial charge >= 0.3 is 6.03 Å². The summed E-state index contributed by atoms with van der Waals surface area (Å²) in [6.45, 7) is 15.9. The Bertz CT molecular complexity index is 2400. The number of methoxy groups -OCH3 is 1. The third kappa shape index (κ3) is 10.2. The molecular weight excluding hydrogens is 855 g/mol. The maximum atomic E-state index is 14.7. The minimum absolute atomic E-state index is 0.0508. The van der Waals surface area contributed by atoms with E-state index in [9.17, 15) is 19.2 Å². The summed E-state index contributed by atoms with van der Waals surface area (Å²) < 4.78 is 15.0. The van der Waals surface area contributed by atoms with E-state index in [2.05, 4.69) is 85.4 Å². The van der Waals surface area contributed by atoms with Gasteiger partial charge < -0.3 is 38.9 Å². The Kier molecular flexibility index (Phi) is 15.1. The van der Waals surface area contributed by atoms with E-state index in [-0.39, 0.29) is 31.1 Å². The molecule has 3 aliphatic heterocycles. The average Bonchev–Trinajstić information content (AvgIpc) is 3.89. The van der Waals surface area contributed by atoms with Crippen molar-refractivity contribution in [1.82, 2.24) is 45.0 Å². The van der Waals surface area contributed by atoms with Gasteiger partial charge in [-0.1, -0.05) is 33.8 Å². The lowest BCUT2D eigenvalue weighted by Gasteiger charge is -2.42. The number of hydrogen-bond acceptors (Lipinski definition) is 11. The van der Waals surface area contributed by atoms with Crippen molar-refractivity contribution >= 4 is 46.4 Å². The first kappa shape index (κ1) is 49.2. The second-order valence-corrected chi connectivity index (χ2v) is 21.1. The van der Waals surface area contributed by atoms with Crippen LogP contribution in [0.5, 0.6) is 0 Å². The predicted octanol–water partition coefficient (Wildman–Crippen LogP) is 6.69. The van der Waals surface area contributed by atoms with Crippen LogP contribution in [0.3, 0.4) is 0 Å². The molecule has 7 rings (SSSR count). The number of hydrazine groups is 1. The molecule has 0 saturated carbocycles. The second-order valence-electron chi connectivity index (χ2n) is 20.1. The molecule has 4 aromatic rings. The van der Waals surface area contributed by atoms with Crippen molar-refractivity contribution in [2.24, 2.45) is 11.3 Å². The maximum absolute atomic E-state index is 14.7. The van der Waals surface area contributed by atoms with Gasteiger partial charge in [-0.2, -0.15) is 0 Å². The number of likely N-dealkylation sites (tertiary alicyclic amines) is 1. The van der Waals surface area contributed by atoms with Crippen LogP contribution in [-0.4, -0.2) is 144 Å². The molecule has 6 bridgehead atoms. The Hall–Kier alpha value is -4.74. The van der Waals surface area contributed by atoms with E-state index in [0.29, 0.717) is 43.3 Å². The van der Waals surface area contributed by atoms with Gasteiger partial charge in [0.05, 0.1) is 41.4 Å². The summed E-state index contributed by atoms with van der Waals surface area (Å²) in [6, 6.07) is 6.69. The van der Waals surface area contributed by atoms with Gasteiger partial charge in [0.25, 0.3) is 5.91 Å². The van der Waals surface area contributed by atoms with Gasteiger partial charge in [-0.3, -0.25) is 19.6 Å². The third-order valence-corrected chi connectivity index (χ3v) is 14.7. The van der Waals surface area contributed by atoms with Crippen LogP contribution in [0, 0.1) is 11.3 Å². The van der Waals surface area contributed by atoms with Crippen LogP contribution in [0.25, 0.3) is 33.4 Å². The van der Waals surface area contributed by atoms with Crippen molar-refractivity contribution < 1.29 is 28.7 Å². The normalized spacial score (nSPS) is 21.9. The first-order valence-corrected chi connectivity index (χ1v) is 24.5. The highest BCUT2D eigenvalue weighted by atomic mass is 32.1. The number of pyridine rings is 1. The molecule has 2 N–H and O–H groups in total. The number of carbonyl (C=O) groups is 4. The van der Waals surface area contributed by atoms with Crippen molar-refractivity contribution in [3.05, 3.63) is 57.7 Å². The highest BCUT2D eigenvalue weighted by Crippen LogP contribution is 2.43. The number of aromatic nitrogens is 3. The Morgan fingerprint density at radius 2 is 1.85 bits per heavy atom. The number of rotatable bonds is 10. The van der Waals surface area contributed by atoms with E-state index in [1.54, 1.807) is 28.3 Å². The molecule has 16 heteroatoms. The number of aldehydes is 1. The fourth-order valence-corrected chi connectivity index (χ4v) is 11.0. The summed E-state index contributed by atoms with van der Waals surface area (Å²) in [4.78, 5) is 70.6. The molecule has 0 unspecified atom stereocenters. The minimum atomic E-state index is -1.17. The molecule has 0 aliphatic carbocycles. The molecule has 4 atom stereocenters. The summed E-state index contributed by atoms with van der Waals surface area (Å²) in [6.07, 6.45) is 6.61. The molecule has 3 aromatic heterocycles. The van der Waals surface area contributed by atoms with Crippen LogP contribution in [0.4, 0.5) is 4.79 Å². The Labute approximate surface area is 394 Å². The van der Waals surface area contributed by atoms with Crippen molar-refractivity contribution in [3.63, 3.8) is 0 Å². The fourth-order valence-electron chi connectivity index (χ4n) is 10.2. The number of piperidine rings is 1. The number of hydrogen-bond donors (Lipinski definition) is 2. The molecule has 0 radical (unpaired) electrons. The zero-order chi connectivity index (χ0) is 47.7. The number of nitrogens with zero attached hydrogens (tertiary/aromatic N) is 7. The number of likely N-dealkylation sites (N-methyl/N-ethyl adjacent to an activating group) is 1. The number of benzene rings is 1. The predicted molar refractivity (Wildman–Crippen MR) is 259 cm³/mol. The number of nitrogens with one attached hydrogen (secondary N) is 2. The SMILES string of the molecule is CCn1c(-c2cc(C3CCN(C)CC3)cnc2[C@H](C)OC)c2c3cc(ccc31)-c1csc(n1)C[C@H](NC(=O)[C@H](C(C)C)N(C)C(=O)N(C)C)C(=O)N1CCC[C@](C=O)(COCC(C)(C)C2)N1. The zero-order valence-corrected chi connectivity index (χ0v) is 41.7. The summed E-state index contributed by atoms with van der Waals surface area (Å²) >= 11 is 1.43. The number of aryl methyl sites for hydroxylation is 1. The minimum Gasteiger partial charge on any atom is -0.378 e. The lowest BCUT2D eigenvalue weighted by Crippen LogP contribution is -2.66. The van der Waals surface area contributed by atoms with E-state index in [4.69, 9.17) is 19.4 Å². The fraction of sp³-hybridized carbons (Fsp3) is 0.600. The van der Waals surface area contributed by atoms with Gasteiger partial charge in [-0.15, -0.1) is 11.3 Å². The van der Waals surface area contributed by atoms with Gasteiger partial charge in [-0.05, 0) is 113 Å². The van der Waals surface area contributed by atoms with Gasteiger partial charge in [-0.25, -0.2) is 15.2 Å². The zero-order valence-electron chi connectivity index (χ0n) is 40.9. The van der Waals surface area contributed by atoms with Gasteiger partial charge in [0, 0.05) is 81.4 Å². The van der Waals surface area contributed by atoms with Gasteiger partial charge in [0.15, 0.2) is 0 Å². The van der Waals surface area contributed by atoms with E-state index in [1.165, 1.54) is 37.3 Å². The highest BCUT2D eigenvalue weighted by Gasteiger charge is 2.41. The van der Waals surface area contributed by atoms with E-state index in [0.717, 1.165) is 77.9 Å². The average molecular weight is 926 g/mol. The van der Waals surface area contributed by atoms with Crippen molar-refractivity contribution in [1.29, 1.82) is 0 Å². The van der Waals surface area contributed by atoms with Crippen LogP contribution in [0.2, 0.25) is 0 Å². The van der Waals surface area contributed by atoms with E-state index >= 15 is 0 Å². The van der Waals surface area contributed by atoms with Gasteiger partial charge in [0.2, 0.25) is 5.91 Å². The molecule has 1 aromatic carbocycles. The van der Waals surface area contributed by atoms with Crippen LogP contribution in [0.15, 0.2) is 35.8 Å². The third-order valence-electron chi connectivity index (χ3n) is 13.8. The molecule has 2 saturated heterocycles. The van der Waals surface area contributed by atoms with Gasteiger partial charge in [0.1, 0.15) is 23.9 Å². The molecule has 0 spiro atoms.